The number of ether oxygens (including phenoxy) is 1. The maximum absolute atomic E-state index is 13.4. The number of nitrogens with zero attached hydrogens (tertiary/aromatic N) is 1. The number of likely N-dealkylation sites (tertiary alicyclic amines) is 1. The highest BCUT2D eigenvalue weighted by atomic mass is 16.5. The van der Waals surface area contributed by atoms with Crippen LogP contribution in [0.2, 0.25) is 0 Å². The lowest BCUT2D eigenvalue weighted by molar-refractivity contribution is -0.163. The van der Waals surface area contributed by atoms with Gasteiger partial charge in [-0.15, -0.1) is 0 Å². The third-order valence-corrected chi connectivity index (χ3v) is 6.52. The maximum Gasteiger partial charge on any atom is 0.312 e. The Morgan fingerprint density at radius 2 is 1.89 bits per heavy atom. The lowest BCUT2D eigenvalue weighted by atomic mass is 9.58. The van der Waals surface area contributed by atoms with Crippen molar-refractivity contribution in [3.63, 3.8) is 0 Å². The third-order valence-electron chi connectivity index (χ3n) is 6.52. The van der Waals surface area contributed by atoms with Crippen LogP contribution in [0.5, 0.6) is 0 Å². The smallest absolute Gasteiger partial charge is 0.312 e. The molecule has 1 aromatic rings. The molecule has 0 unspecified atom stereocenters. The van der Waals surface area contributed by atoms with E-state index in [1.54, 1.807) is 0 Å². The van der Waals surface area contributed by atoms with Crippen LogP contribution in [0.15, 0.2) is 42.5 Å². The SMILES string of the molecule is CCOC(=O)[C@]1(C)[C@@H]2[C@H](C=C[C@H]1C)C(=O)N(Cc1ccccc1)[C@H]2C(C)C. The van der Waals surface area contributed by atoms with Crippen LogP contribution >= 0.6 is 0 Å². The van der Waals surface area contributed by atoms with Gasteiger partial charge in [-0.25, -0.2) is 0 Å². The second-order valence-electron chi connectivity index (χ2n) is 8.41. The first kappa shape index (κ1) is 19.7. The first-order valence-corrected chi connectivity index (χ1v) is 10.0. The largest absolute Gasteiger partial charge is 0.466 e. The van der Waals surface area contributed by atoms with E-state index in [4.69, 9.17) is 4.74 Å². The number of hydrogen-bond acceptors (Lipinski definition) is 3. The van der Waals surface area contributed by atoms with Gasteiger partial charge < -0.3 is 9.64 Å². The fourth-order valence-electron chi connectivity index (χ4n) is 4.96. The van der Waals surface area contributed by atoms with E-state index in [9.17, 15) is 9.59 Å². The Bertz CT molecular complexity index is 726. The van der Waals surface area contributed by atoms with Crippen molar-refractivity contribution in [2.75, 3.05) is 6.61 Å². The number of rotatable bonds is 5. The molecule has 1 heterocycles. The van der Waals surface area contributed by atoms with Gasteiger partial charge in [-0.2, -0.15) is 0 Å². The van der Waals surface area contributed by atoms with Crippen molar-refractivity contribution in [2.45, 2.75) is 47.2 Å². The number of hydrogen-bond donors (Lipinski definition) is 0. The van der Waals surface area contributed by atoms with Crippen LogP contribution in [0.3, 0.4) is 0 Å². The standard InChI is InChI=1S/C23H31NO3/c1-6-27-22(26)23(5)16(4)12-13-18-19(23)20(15(2)3)24(21(18)25)14-17-10-8-7-9-11-17/h7-13,15-16,18-20H,6,14H2,1-5H3/t16-,18+,19-,20+,23+/m1/s1. The number of allylic oxidation sites excluding steroid dienone is 1. The molecule has 3 rings (SSSR count). The number of benzene rings is 1. The Morgan fingerprint density at radius 3 is 2.48 bits per heavy atom. The fourth-order valence-corrected chi connectivity index (χ4v) is 4.96. The average Bonchev–Trinajstić information content (AvgIpc) is 2.92. The Kier molecular flexibility index (Phi) is 5.45. The zero-order valence-electron chi connectivity index (χ0n) is 17.0. The zero-order chi connectivity index (χ0) is 19.8. The summed E-state index contributed by atoms with van der Waals surface area (Å²) in [7, 11) is 0. The van der Waals surface area contributed by atoms with Gasteiger partial charge in [0.2, 0.25) is 5.91 Å². The van der Waals surface area contributed by atoms with Gasteiger partial charge in [-0.1, -0.05) is 63.3 Å². The molecule has 0 bridgehead atoms. The summed E-state index contributed by atoms with van der Waals surface area (Å²) < 4.78 is 5.48. The van der Waals surface area contributed by atoms with Gasteiger partial charge >= 0.3 is 5.97 Å². The van der Waals surface area contributed by atoms with Crippen molar-refractivity contribution >= 4 is 11.9 Å². The van der Waals surface area contributed by atoms with Gasteiger partial charge in [0.25, 0.3) is 0 Å². The van der Waals surface area contributed by atoms with E-state index in [2.05, 4.69) is 32.9 Å². The molecule has 0 N–H and O–H groups in total. The minimum Gasteiger partial charge on any atom is -0.466 e. The molecule has 0 radical (unpaired) electrons. The predicted octanol–water partition coefficient (Wildman–Crippen LogP) is 4.06. The van der Waals surface area contributed by atoms with Gasteiger partial charge in [-0.05, 0) is 31.2 Å². The monoisotopic (exact) mass is 369 g/mol. The summed E-state index contributed by atoms with van der Waals surface area (Å²) in [4.78, 5) is 28.4. The molecule has 0 aromatic heterocycles. The normalized spacial score (nSPS) is 32.7. The summed E-state index contributed by atoms with van der Waals surface area (Å²) in [6, 6.07) is 10.1. The molecule has 4 heteroatoms. The first-order chi connectivity index (χ1) is 12.8. The van der Waals surface area contributed by atoms with Crippen molar-refractivity contribution in [1.82, 2.24) is 4.90 Å². The van der Waals surface area contributed by atoms with Crippen LogP contribution in [0.1, 0.15) is 40.2 Å². The van der Waals surface area contributed by atoms with Crippen molar-refractivity contribution in [3.05, 3.63) is 48.0 Å². The number of carbonyl (C=O) groups excluding carboxylic acids is 2. The first-order valence-electron chi connectivity index (χ1n) is 10.0. The van der Waals surface area contributed by atoms with E-state index >= 15 is 0 Å². The lowest BCUT2D eigenvalue weighted by Gasteiger charge is -2.45. The summed E-state index contributed by atoms with van der Waals surface area (Å²) >= 11 is 0. The van der Waals surface area contributed by atoms with Crippen LogP contribution < -0.4 is 0 Å². The predicted molar refractivity (Wildman–Crippen MR) is 106 cm³/mol. The summed E-state index contributed by atoms with van der Waals surface area (Å²) in [5.41, 5.74) is 0.413. The molecule has 0 saturated carbocycles. The van der Waals surface area contributed by atoms with Crippen LogP contribution in [-0.4, -0.2) is 29.4 Å². The van der Waals surface area contributed by atoms with E-state index in [1.807, 2.05) is 49.1 Å². The van der Waals surface area contributed by atoms with Crippen molar-refractivity contribution < 1.29 is 14.3 Å². The second kappa shape index (κ2) is 7.49. The molecular weight excluding hydrogens is 338 g/mol. The summed E-state index contributed by atoms with van der Waals surface area (Å²) in [5, 5.41) is 0. The third kappa shape index (κ3) is 3.19. The summed E-state index contributed by atoms with van der Waals surface area (Å²) in [6.45, 7) is 11.1. The molecule has 4 nitrogen and oxygen atoms in total. The van der Waals surface area contributed by atoms with E-state index in [0.29, 0.717) is 13.2 Å². The molecule has 5 atom stereocenters. The topological polar surface area (TPSA) is 46.6 Å². The number of carbonyl (C=O) groups is 2. The second-order valence-corrected chi connectivity index (χ2v) is 8.41. The molecule has 1 aliphatic carbocycles. The highest BCUT2D eigenvalue weighted by Gasteiger charge is 2.61. The van der Waals surface area contributed by atoms with Crippen molar-refractivity contribution in [1.29, 1.82) is 0 Å². The molecule has 1 saturated heterocycles. The van der Waals surface area contributed by atoms with Gasteiger partial charge in [0.15, 0.2) is 0 Å². The molecule has 1 aromatic carbocycles. The van der Waals surface area contributed by atoms with Gasteiger partial charge in [0.1, 0.15) is 0 Å². The molecule has 2 aliphatic rings. The van der Waals surface area contributed by atoms with Gasteiger partial charge in [0.05, 0.1) is 17.9 Å². The van der Waals surface area contributed by atoms with Crippen molar-refractivity contribution in [3.8, 4) is 0 Å². The Morgan fingerprint density at radius 1 is 1.22 bits per heavy atom. The maximum atomic E-state index is 13.4. The van der Waals surface area contributed by atoms with Crippen molar-refractivity contribution in [2.24, 2.45) is 29.1 Å². The van der Waals surface area contributed by atoms with Crippen LogP contribution in [-0.2, 0) is 20.9 Å². The van der Waals surface area contributed by atoms with Crippen LogP contribution in [0.25, 0.3) is 0 Å². The molecule has 1 aliphatic heterocycles. The van der Waals surface area contributed by atoms with Gasteiger partial charge in [-0.3, -0.25) is 9.59 Å². The molecular formula is C23H31NO3. The minimum atomic E-state index is -0.703. The zero-order valence-corrected chi connectivity index (χ0v) is 17.0. The molecule has 27 heavy (non-hydrogen) atoms. The summed E-state index contributed by atoms with van der Waals surface area (Å²) in [5.74, 6) is -0.110. The Balaban J connectivity index is 2.03. The van der Waals surface area contributed by atoms with E-state index in [1.165, 1.54) is 0 Å². The lowest BCUT2D eigenvalue weighted by Crippen LogP contribution is -2.51. The number of amides is 1. The number of esters is 1. The van der Waals surface area contributed by atoms with Gasteiger partial charge in [0, 0.05) is 18.5 Å². The highest BCUT2D eigenvalue weighted by Crippen LogP contribution is 2.53. The Hall–Kier alpha value is -2.10. The molecule has 146 valence electrons. The number of fused-ring (bicyclic) bond motifs is 1. The molecule has 1 fully saturated rings. The fraction of sp³-hybridized carbons (Fsp3) is 0.565. The van der Waals surface area contributed by atoms with Crippen LogP contribution in [0, 0.1) is 29.1 Å². The molecule has 0 spiro atoms. The van der Waals surface area contributed by atoms with E-state index < -0.39 is 5.41 Å². The Labute approximate surface area is 162 Å². The highest BCUT2D eigenvalue weighted by molar-refractivity contribution is 5.88. The molecule has 1 amide bonds. The average molecular weight is 370 g/mol. The van der Waals surface area contributed by atoms with E-state index in [0.717, 1.165) is 5.56 Å². The minimum absolute atomic E-state index is 0.00418. The summed E-state index contributed by atoms with van der Waals surface area (Å²) in [6.07, 6.45) is 4.05. The van der Waals surface area contributed by atoms with E-state index in [-0.39, 0.29) is 41.6 Å². The quantitative estimate of drug-likeness (QED) is 0.581. The van der Waals surface area contributed by atoms with Crippen LogP contribution in [0.4, 0.5) is 0 Å².